The SMILES string of the molecule is NC1[C@H]2CN(CCc3ccc(-n4ccc(NC(=O)N5CCNCC5)nc4=O)cc3)C[C@@H]12. The summed E-state index contributed by atoms with van der Waals surface area (Å²) in [4.78, 5) is 33.0. The zero-order chi connectivity index (χ0) is 21.4. The highest BCUT2D eigenvalue weighted by Crippen LogP contribution is 2.43. The average Bonchev–Trinajstić information content (AvgIpc) is 3.19. The fourth-order valence-electron chi connectivity index (χ4n) is 4.68. The molecule has 1 aromatic carbocycles. The van der Waals surface area contributed by atoms with E-state index in [1.165, 1.54) is 10.1 Å². The van der Waals surface area contributed by atoms with Gasteiger partial charge in [-0.2, -0.15) is 4.98 Å². The van der Waals surface area contributed by atoms with Crippen molar-refractivity contribution in [2.45, 2.75) is 12.5 Å². The number of aromatic nitrogens is 2. The monoisotopic (exact) mass is 423 g/mol. The first-order valence-corrected chi connectivity index (χ1v) is 11.0. The summed E-state index contributed by atoms with van der Waals surface area (Å²) in [5, 5.41) is 5.92. The zero-order valence-electron chi connectivity index (χ0n) is 17.5. The second-order valence-electron chi connectivity index (χ2n) is 8.71. The Morgan fingerprint density at radius 1 is 1.13 bits per heavy atom. The van der Waals surface area contributed by atoms with Gasteiger partial charge >= 0.3 is 11.7 Å². The van der Waals surface area contributed by atoms with E-state index in [1.54, 1.807) is 17.2 Å². The Morgan fingerprint density at radius 2 is 1.84 bits per heavy atom. The third kappa shape index (κ3) is 4.34. The molecule has 1 saturated carbocycles. The zero-order valence-corrected chi connectivity index (χ0v) is 17.5. The normalized spacial score (nSPS) is 25.3. The molecule has 9 heteroatoms. The van der Waals surface area contributed by atoms with E-state index >= 15 is 0 Å². The number of carbonyl (C=O) groups excluding carboxylic acids is 1. The minimum atomic E-state index is -0.418. The minimum Gasteiger partial charge on any atom is -0.327 e. The summed E-state index contributed by atoms with van der Waals surface area (Å²) in [6, 6.07) is 9.86. The van der Waals surface area contributed by atoms with Crippen molar-refractivity contribution < 1.29 is 4.79 Å². The molecule has 1 aromatic heterocycles. The van der Waals surface area contributed by atoms with Crippen LogP contribution < -0.4 is 22.1 Å². The van der Waals surface area contributed by atoms with Crippen LogP contribution in [0.3, 0.4) is 0 Å². The predicted octanol–water partition coefficient (Wildman–Crippen LogP) is 0.101. The second-order valence-corrected chi connectivity index (χ2v) is 8.71. The molecular weight excluding hydrogens is 394 g/mol. The summed E-state index contributed by atoms with van der Waals surface area (Å²) in [5.74, 6) is 1.70. The lowest BCUT2D eigenvalue weighted by Gasteiger charge is -2.27. The lowest BCUT2D eigenvalue weighted by Crippen LogP contribution is -2.48. The van der Waals surface area contributed by atoms with Crippen LogP contribution in [0.15, 0.2) is 41.3 Å². The van der Waals surface area contributed by atoms with Crippen LogP contribution in [0.25, 0.3) is 5.69 Å². The molecular formula is C22H29N7O2. The maximum Gasteiger partial charge on any atom is 0.354 e. The Labute approximate surface area is 181 Å². The first-order valence-electron chi connectivity index (χ1n) is 11.0. The predicted molar refractivity (Wildman–Crippen MR) is 118 cm³/mol. The molecule has 5 rings (SSSR count). The molecule has 1 aliphatic carbocycles. The van der Waals surface area contributed by atoms with Crippen molar-refractivity contribution in [3.63, 3.8) is 0 Å². The molecule has 3 atom stereocenters. The number of hydrogen-bond acceptors (Lipinski definition) is 6. The highest BCUT2D eigenvalue weighted by molar-refractivity contribution is 5.88. The van der Waals surface area contributed by atoms with Gasteiger partial charge in [0.15, 0.2) is 0 Å². The van der Waals surface area contributed by atoms with E-state index < -0.39 is 5.69 Å². The molecule has 2 saturated heterocycles. The van der Waals surface area contributed by atoms with Crippen molar-refractivity contribution in [1.82, 2.24) is 24.7 Å². The van der Waals surface area contributed by atoms with Crippen molar-refractivity contribution >= 4 is 11.8 Å². The molecule has 0 spiro atoms. The Kier molecular flexibility index (Phi) is 5.47. The molecule has 2 aliphatic heterocycles. The topological polar surface area (TPSA) is 109 Å². The molecule has 3 heterocycles. The average molecular weight is 424 g/mol. The summed E-state index contributed by atoms with van der Waals surface area (Å²) in [5.41, 5.74) is 7.59. The van der Waals surface area contributed by atoms with Gasteiger partial charge in [-0.15, -0.1) is 0 Å². The first-order chi connectivity index (χ1) is 15.1. The number of hydrogen-bond donors (Lipinski definition) is 3. The third-order valence-corrected chi connectivity index (χ3v) is 6.71. The molecule has 9 nitrogen and oxygen atoms in total. The summed E-state index contributed by atoms with van der Waals surface area (Å²) in [6.07, 6.45) is 2.64. The number of carbonyl (C=O) groups is 1. The van der Waals surface area contributed by atoms with Crippen LogP contribution in [0.2, 0.25) is 0 Å². The number of urea groups is 1. The van der Waals surface area contributed by atoms with Crippen LogP contribution in [0.4, 0.5) is 10.6 Å². The third-order valence-electron chi connectivity index (χ3n) is 6.71. The summed E-state index contributed by atoms with van der Waals surface area (Å²) in [7, 11) is 0. The van der Waals surface area contributed by atoms with Gasteiger partial charge in [0.25, 0.3) is 0 Å². The largest absolute Gasteiger partial charge is 0.354 e. The van der Waals surface area contributed by atoms with Crippen molar-refractivity contribution in [1.29, 1.82) is 0 Å². The first kappa shape index (κ1) is 20.2. The number of piperazine rings is 1. The number of nitrogens with two attached hydrogens (primary N) is 1. The lowest BCUT2D eigenvalue weighted by molar-refractivity contribution is 0.204. The van der Waals surface area contributed by atoms with Crippen LogP contribution in [-0.4, -0.2) is 77.2 Å². The van der Waals surface area contributed by atoms with E-state index in [4.69, 9.17) is 5.73 Å². The van der Waals surface area contributed by atoms with Gasteiger partial charge in [0.2, 0.25) is 0 Å². The molecule has 0 bridgehead atoms. The second kappa shape index (κ2) is 8.41. The number of fused-ring (bicyclic) bond motifs is 1. The van der Waals surface area contributed by atoms with Gasteiger partial charge in [-0.3, -0.25) is 9.88 Å². The molecule has 164 valence electrons. The van der Waals surface area contributed by atoms with Gasteiger partial charge in [-0.05, 0) is 42.0 Å². The number of nitrogens with one attached hydrogen (secondary N) is 2. The summed E-state index contributed by atoms with van der Waals surface area (Å²) >= 11 is 0. The van der Waals surface area contributed by atoms with E-state index in [9.17, 15) is 9.59 Å². The van der Waals surface area contributed by atoms with E-state index in [-0.39, 0.29) is 11.8 Å². The molecule has 2 amide bonds. The van der Waals surface area contributed by atoms with Gasteiger partial charge in [-0.25, -0.2) is 9.59 Å². The highest BCUT2D eigenvalue weighted by Gasteiger charge is 2.53. The summed E-state index contributed by atoms with van der Waals surface area (Å²) in [6.45, 7) is 6.12. The number of likely N-dealkylation sites (tertiary alicyclic amines) is 1. The van der Waals surface area contributed by atoms with Gasteiger partial charge in [-0.1, -0.05) is 12.1 Å². The van der Waals surface area contributed by atoms with Crippen LogP contribution in [0, 0.1) is 11.8 Å². The maximum atomic E-state index is 12.5. The van der Waals surface area contributed by atoms with Crippen LogP contribution in [0.1, 0.15) is 5.56 Å². The Balaban J connectivity index is 1.18. The van der Waals surface area contributed by atoms with Gasteiger partial charge in [0, 0.05) is 58.1 Å². The van der Waals surface area contributed by atoms with Crippen molar-refractivity contribution in [2.24, 2.45) is 17.6 Å². The standard InChI is InChI=1S/C22H29N7O2/c23-20-17-13-27(14-18(17)20)9-5-15-1-3-16(4-2-15)29-10-6-19(26-22(29)31)25-21(30)28-11-7-24-8-12-28/h1-4,6,10,17-18,20,24H,5,7-9,11-14,23H2,(H,25,26,30,31)/t17-,18+,20?. The highest BCUT2D eigenvalue weighted by atomic mass is 16.2. The van der Waals surface area contributed by atoms with Crippen LogP contribution in [0.5, 0.6) is 0 Å². The number of nitrogens with zero attached hydrogens (tertiary/aromatic N) is 4. The van der Waals surface area contributed by atoms with Gasteiger partial charge < -0.3 is 20.9 Å². The van der Waals surface area contributed by atoms with E-state index in [0.29, 0.717) is 31.0 Å². The summed E-state index contributed by atoms with van der Waals surface area (Å²) < 4.78 is 1.49. The Bertz CT molecular complexity index is 988. The van der Waals surface area contributed by atoms with E-state index in [0.717, 1.165) is 44.8 Å². The quantitative estimate of drug-likeness (QED) is 0.630. The number of benzene rings is 1. The fourth-order valence-corrected chi connectivity index (χ4v) is 4.68. The molecule has 3 fully saturated rings. The number of rotatable bonds is 5. The maximum absolute atomic E-state index is 12.5. The van der Waals surface area contributed by atoms with Crippen molar-refractivity contribution in [2.75, 3.05) is 51.1 Å². The van der Waals surface area contributed by atoms with Crippen molar-refractivity contribution in [3.05, 3.63) is 52.6 Å². The Hall–Kier alpha value is -2.75. The number of amides is 2. The number of piperidine rings is 1. The van der Waals surface area contributed by atoms with Crippen LogP contribution >= 0.6 is 0 Å². The lowest BCUT2D eigenvalue weighted by atomic mass is 10.1. The van der Waals surface area contributed by atoms with Gasteiger partial charge in [0.05, 0.1) is 5.69 Å². The molecule has 0 radical (unpaired) electrons. The van der Waals surface area contributed by atoms with E-state index in [1.807, 2.05) is 12.1 Å². The minimum absolute atomic E-state index is 0.229. The molecule has 3 aliphatic rings. The van der Waals surface area contributed by atoms with Gasteiger partial charge in [0.1, 0.15) is 5.82 Å². The van der Waals surface area contributed by atoms with Crippen LogP contribution in [-0.2, 0) is 6.42 Å². The molecule has 31 heavy (non-hydrogen) atoms. The molecule has 1 unspecified atom stereocenters. The smallest absolute Gasteiger partial charge is 0.327 e. The molecule has 4 N–H and O–H groups in total. The molecule has 2 aromatic rings. The Morgan fingerprint density at radius 3 is 2.52 bits per heavy atom. The fraction of sp³-hybridized carbons (Fsp3) is 0.500. The van der Waals surface area contributed by atoms with Crippen molar-refractivity contribution in [3.8, 4) is 5.69 Å². The van der Waals surface area contributed by atoms with E-state index in [2.05, 4.69) is 32.7 Å². The number of anilines is 1.